The van der Waals surface area contributed by atoms with E-state index in [1.54, 1.807) is 92.1 Å². The first-order valence-electron chi connectivity index (χ1n) is 17.7. The van der Waals surface area contributed by atoms with Gasteiger partial charge in [0.15, 0.2) is 0 Å². The van der Waals surface area contributed by atoms with E-state index in [0.717, 1.165) is 46.8 Å². The van der Waals surface area contributed by atoms with E-state index in [1.165, 1.54) is 12.1 Å². The first-order chi connectivity index (χ1) is 28.2. The van der Waals surface area contributed by atoms with Crippen molar-refractivity contribution in [2.45, 2.75) is 19.4 Å². The Morgan fingerprint density at radius 1 is 0.586 bits per heavy atom. The van der Waals surface area contributed by atoms with Crippen molar-refractivity contribution in [1.29, 1.82) is 0 Å². The minimum absolute atomic E-state index is 0.125. The molecule has 0 fully saturated rings. The molecule has 0 unspecified atom stereocenters. The van der Waals surface area contributed by atoms with Crippen LogP contribution >= 0.6 is 15.9 Å². The molecule has 0 spiro atoms. The third-order valence-electron chi connectivity index (χ3n) is 7.34. The number of phenolic OH excluding ortho intramolecular Hbond substituents is 2. The van der Waals surface area contributed by atoms with Gasteiger partial charge in [0.2, 0.25) is 0 Å². The van der Waals surface area contributed by atoms with Crippen molar-refractivity contribution in [2.75, 3.05) is 19.0 Å². The second-order valence-electron chi connectivity index (χ2n) is 11.5. The van der Waals surface area contributed by atoms with Crippen molar-refractivity contribution in [1.82, 2.24) is 0 Å². The third kappa shape index (κ3) is 19.2. The number of hydrogen-bond donors (Lipinski definition) is 2. The van der Waals surface area contributed by atoms with E-state index in [1.807, 2.05) is 36.4 Å². The van der Waals surface area contributed by atoms with Crippen LogP contribution in [0.25, 0.3) is 0 Å². The average Bonchev–Trinajstić information content (AvgIpc) is 3.27. The van der Waals surface area contributed by atoms with E-state index < -0.39 is 0 Å². The van der Waals surface area contributed by atoms with Gasteiger partial charge in [0.25, 0.3) is 0 Å². The van der Waals surface area contributed by atoms with Crippen LogP contribution in [0.15, 0.2) is 160 Å². The molecule has 0 atom stereocenters. The van der Waals surface area contributed by atoms with E-state index in [9.17, 15) is 24.3 Å². The molecule has 0 saturated carbocycles. The molecule has 10 heteroatoms. The van der Waals surface area contributed by atoms with Crippen LogP contribution in [0.3, 0.4) is 0 Å². The van der Waals surface area contributed by atoms with Gasteiger partial charge in [-0.1, -0.05) is 107 Å². The van der Waals surface area contributed by atoms with Crippen LogP contribution in [0, 0.1) is 0 Å². The number of aromatic hydroxyl groups is 2. The summed E-state index contributed by atoms with van der Waals surface area (Å²) in [6, 6.07) is 31.2. The van der Waals surface area contributed by atoms with Crippen LogP contribution < -0.4 is 14.2 Å². The number of carbonyl (C=O) groups excluding carboxylic acids is 4. The lowest BCUT2D eigenvalue weighted by atomic mass is 10.0. The highest BCUT2D eigenvalue weighted by atomic mass is 79.9. The second kappa shape index (κ2) is 30.4. The summed E-state index contributed by atoms with van der Waals surface area (Å²) in [6.07, 6.45) is 11.1. The zero-order valence-electron chi connectivity index (χ0n) is 32.5. The standard InChI is InChI=1S/C18H18O3.2C10H10O2.C7H6O2.C3H5Br/c1-3-5-17-15(12-19)6-4-7-18(17)21-13-14-8-10-16(20-2)11-9-14;1-2-6-12-10-5-3-4-9(7-10)8-11;1-2-4-9-8(7-11)5-3-6-10(9)12;8-5-6-2-1-3-7(9)4-6;1-2-3-4/h3-4,6-12H,1,5,13H2,2H3;2-5,7-8H,1,6H2;2-3,5-7,12H,1,4H2;1-5,9H;2H,1,3H2. The number of hydrogen-bond acceptors (Lipinski definition) is 9. The maximum atomic E-state index is 11.1. The molecule has 5 rings (SSSR count). The fraction of sp³-hybridized carbons (Fsp3) is 0.125. The lowest BCUT2D eigenvalue weighted by molar-refractivity contribution is 0.111. The monoisotopic (exact) mass is 848 g/mol. The third-order valence-corrected chi connectivity index (χ3v) is 7.80. The Morgan fingerprint density at radius 3 is 1.66 bits per heavy atom. The largest absolute Gasteiger partial charge is 0.508 e. The number of aldehydes is 4. The van der Waals surface area contributed by atoms with E-state index in [4.69, 9.17) is 19.3 Å². The lowest BCUT2D eigenvalue weighted by Crippen LogP contribution is -2.01. The fourth-order valence-electron chi connectivity index (χ4n) is 4.57. The number of halogens is 1. The topological polar surface area (TPSA) is 136 Å². The van der Waals surface area contributed by atoms with Crippen molar-refractivity contribution >= 4 is 41.1 Å². The summed E-state index contributed by atoms with van der Waals surface area (Å²) in [4.78, 5) is 42.0. The number of carbonyl (C=O) groups is 4. The first kappa shape index (κ1) is 49.2. The highest BCUT2D eigenvalue weighted by Crippen LogP contribution is 2.24. The Bertz CT molecular complexity index is 2040. The Hall–Kier alpha value is -6.78. The van der Waals surface area contributed by atoms with Gasteiger partial charge in [-0.2, -0.15) is 0 Å². The zero-order chi connectivity index (χ0) is 43.0. The SMILES string of the molecule is C=CCBr.C=CCOc1cccc(C=O)c1.C=CCc1c(C=O)cccc1OCc1ccc(OC)cc1.C=CCc1c(O)cccc1C=O.O=Cc1cccc(O)c1. The number of alkyl halides is 1. The molecular weight excluding hydrogens is 800 g/mol. The molecule has 2 N–H and O–H groups in total. The van der Waals surface area contributed by atoms with Gasteiger partial charge in [-0.25, -0.2) is 0 Å². The molecule has 0 aromatic heterocycles. The number of ether oxygens (including phenoxy) is 3. The van der Waals surface area contributed by atoms with E-state index in [-0.39, 0.29) is 11.5 Å². The van der Waals surface area contributed by atoms with Gasteiger partial charge in [-0.15, -0.1) is 19.7 Å². The summed E-state index contributed by atoms with van der Waals surface area (Å²) in [5.74, 6) is 2.50. The highest BCUT2D eigenvalue weighted by Gasteiger charge is 2.08. The maximum Gasteiger partial charge on any atom is 0.150 e. The number of methoxy groups -OCH3 is 1. The molecule has 5 aromatic rings. The predicted molar refractivity (Wildman–Crippen MR) is 235 cm³/mol. The summed E-state index contributed by atoms with van der Waals surface area (Å²) in [7, 11) is 1.64. The van der Waals surface area contributed by atoms with Gasteiger partial charge in [0.1, 0.15) is 67.1 Å². The zero-order valence-corrected chi connectivity index (χ0v) is 34.1. The van der Waals surface area contributed by atoms with E-state index in [0.29, 0.717) is 65.9 Å². The fourth-order valence-corrected chi connectivity index (χ4v) is 4.57. The quantitative estimate of drug-likeness (QED) is 0.0565. The second-order valence-corrected chi connectivity index (χ2v) is 12.1. The van der Waals surface area contributed by atoms with Crippen LogP contribution in [-0.2, 0) is 19.4 Å². The van der Waals surface area contributed by atoms with Crippen LogP contribution in [0.5, 0.6) is 28.7 Å². The molecule has 302 valence electrons. The summed E-state index contributed by atoms with van der Waals surface area (Å²) >= 11 is 3.13. The Labute approximate surface area is 349 Å². The molecule has 58 heavy (non-hydrogen) atoms. The summed E-state index contributed by atoms with van der Waals surface area (Å²) < 4.78 is 16.2. The maximum absolute atomic E-state index is 11.1. The molecule has 0 aliphatic carbocycles. The van der Waals surface area contributed by atoms with Gasteiger partial charge in [0.05, 0.1) is 7.11 Å². The van der Waals surface area contributed by atoms with Crippen LogP contribution in [0.2, 0.25) is 0 Å². The molecule has 0 aliphatic heterocycles. The normalized spacial score (nSPS) is 9.21. The Balaban J connectivity index is 0.000000393. The van der Waals surface area contributed by atoms with Gasteiger partial charge in [-0.3, -0.25) is 19.2 Å². The van der Waals surface area contributed by atoms with Crippen molar-refractivity contribution in [2.24, 2.45) is 0 Å². The molecule has 5 aromatic carbocycles. The number of allylic oxidation sites excluding steroid dienone is 3. The summed E-state index contributed by atoms with van der Waals surface area (Å²) in [5.41, 5.74) is 4.83. The minimum Gasteiger partial charge on any atom is -0.508 e. The molecule has 0 saturated heterocycles. The molecule has 9 nitrogen and oxygen atoms in total. The lowest BCUT2D eigenvalue weighted by Gasteiger charge is -2.12. The first-order valence-corrected chi connectivity index (χ1v) is 18.8. The number of rotatable bonds is 16. The number of benzene rings is 5. The van der Waals surface area contributed by atoms with Crippen molar-refractivity contribution < 1.29 is 43.6 Å². The van der Waals surface area contributed by atoms with E-state index in [2.05, 4.69) is 42.2 Å². The smallest absolute Gasteiger partial charge is 0.150 e. The molecule has 0 radical (unpaired) electrons. The van der Waals surface area contributed by atoms with Crippen LogP contribution in [0.1, 0.15) is 58.1 Å². The molecule has 0 heterocycles. The van der Waals surface area contributed by atoms with Crippen molar-refractivity contribution in [3.05, 3.63) is 199 Å². The summed E-state index contributed by atoms with van der Waals surface area (Å²) in [6.45, 7) is 15.1. The van der Waals surface area contributed by atoms with Crippen LogP contribution in [-0.4, -0.2) is 54.4 Å². The number of phenols is 2. The predicted octanol–water partition coefficient (Wildman–Crippen LogP) is 10.6. The minimum atomic E-state index is 0.125. The Kier molecular flexibility index (Phi) is 25.8. The molecular formula is C48H49BrO9. The van der Waals surface area contributed by atoms with Crippen molar-refractivity contribution in [3.63, 3.8) is 0 Å². The molecule has 0 amide bonds. The van der Waals surface area contributed by atoms with Crippen LogP contribution in [0.4, 0.5) is 0 Å². The van der Waals surface area contributed by atoms with Gasteiger partial charge in [0, 0.05) is 38.7 Å². The average molecular weight is 850 g/mol. The van der Waals surface area contributed by atoms with Gasteiger partial charge < -0.3 is 24.4 Å². The Morgan fingerprint density at radius 2 is 1.14 bits per heavy atom. The van der Waals surface area contributed by atoms with Crippen molar-refractivity contribution in [3.8, 4) is 28.7 Å². The molecule has 0 bridgehead atoms. The summed E-state index contributed by atoms with van der Waals surface area (Å²) in [5, 5.41) is 19.0. The van der Waals surface area contributed by atoms with E-state index >= 15 is 0 Å². The molecule has 0 aliphatic rings. The van der Waals surface area contributed by atoms with Gasteiger partial charge >= 0.3 is 0 Å². The van der Waals surface area contributed by atoms with Gasteiger partial charge in [-0.05, 0) is 66.9 Å². The highest BCUT2D eigenvalue weighted by molar-refractivity contribution is 9.09.